The van der Waals surface area contributed by atoms with Crippen molar-refractivity contribution >= 4 is 43.6 Å². The van der Waals surface area contributed by atoms with Crippen LogP contribution in [-0.4, -0.2) is 24.1 Å². The number of fused-ring (bicyclic) bond motifs is 9. The second-order valence-electron chi connectivity index (χ2n) is 16.1. The van der Waals surface area contributed by atoms with Gasteiger partial charge in [-0.15, -0.1) is 0 Å². The molecule has 3 heterocycles. The van der Waals surface area contributed by atoms with Crippen LogP contribution in [0.2, 0.25) is 0 Å². The van der Waals surface area contributed by atoms with E-state index in [-0.39, 0.29) is 44.0 Å². The number of hydrogen-bond donors (Lipinski definition) is 0. The lowest BCUT2D eigenvalue weighted by molar-refractivity contribution is 0.660. The van der Waals surface area contributed by atoms with Gasteiger partial charge in [-0.1, -0.05) is 202 Å². The van der Waals surface area contributed by atoms with E-state index < -0.39 is 160 Å². The zero-order valence-corrected chi connectivity index (χ0v) is 34.4. The monoisotopic (exact) mass is 851 g/mol. The molecule has 0 saturated carbocycles. The van der Waals surface area contributed by atoms with Gasteiger partial charge in [0.1, 0.15) is 0 Å². The third-order valence-electron chi connectivity index (χ3n) is 12.2. The van der Waals surface area contributed by atoms with E-state index in [1.54, 1.807) is 24.3 Å². The maximum absolute atomic E-state index is 9.91. The average Bonchev–Trinajstić information content (AvgIpc) is 1.66. The van der Waals surface area contributed by atoms with Crippen LogP contribution in [0, 0.1) is 0 Å². The lowest BCUT2D eigenvalue weighted by atomic mass is 9.82. The zero-order valence-electron chi connectivity index (χ0n) is 54.4. The first-order valence-corrected chi connectivity index (χ1v) is 20.6. The molecule has 65 heavy (non-hydrogen) atoms. The predicted molar refractivity (Wildman–Crippen MR) is 268 cm³/mol. The highest BCUT2D eigenvalue weighted by Crippen LogP contribution is 2.52. The molecule has 5 heteroatoms. The molecule has 3 aromatic heterocycles. The van der Waals surface area contributed by atoms with E-state index in [9.17, 15) is 9.60 Å². The molecule has 12 aromatic rings. The Morgan fingerprint density at radius 2 is 0.877 bits per heavy atom. The van der Waals surface area contributed by atoms with Gasteiger partial charge in [0.2, 0.25) is 11.9 Å². The summed E-state index contributed by atoms with van der Waals surface area (Å²) in [6, 6.07) is 14.7. The second-order valence-corrected chi connectivity index (χ2v) is 16.1. The molecule has 5 nitrogen and oxygen atoms in total. The van der Waals surface area contributed by atoms with Crippen LogP contribution in [0.1, 0.15) is 52.4 Å². The molecular weight excluding hydrogens is 791 g/mol. The van der Waals surface area contributed by atoms with Crippen molar-refractivity contribution in [1.82, 2.24) is 24.1 Å². The van der Waals surface area contributed by atoms with Crippen LogP contribution in [0.3, 0.4) is 0 Å². The maximum atomic E-state index is 9.91. The summed E-state index contributed by atoms with van der Waals surface area (Å²) in [5.74, 6) is -1.36. The first kappa shape index (κ1) is 22.3. The molecule has 0 unspecified atom stereocenters. The van der Waals surface area contributed by atoms with Gasteiger partial charge in [-0.3, -0.25) is 9.13 Å². The van der Waals surface area contributed by atoms with Gasteiger partial charge in [-0.2, -0.15) is 15.0 Å². The summed E-state index contributed by atoms with van der Waals surface area (Å²) >= 11 is 0. The Morgan fingerprint density at radius 1 is 0.385 bits per heavy atom. The molecule has 0 fully saturated rings. The Morgan fingerprint density at radius 3 is 1.51 bits per heavy atom. The zero-order chi connectivity index (χ0) is 60.6. The van der Waals surface area contributed by atoms with E-state index in [0.717, 1.165) is 31.4 Å². The number of benzene rings is 9. The van der Waals surface area contributed by atoms with Gasteiger partial charge in [-0.05, 0) is 79.8 Å². The largest absolute Gasteiger partial charge is 0.278 e. The molecule has 1 aliphatic carbocycles. The molecule has 0 N–H and O–H groups in total. The van der Waals surface area contributed by atoms with Crippen LogP contribution < -0.4 is 0 Å². The molecule has 0 radical (unpaired) electrons. The van der Waals surface area contributed by atoms with Crippen LogP contribution in [0.5, 0.6) is 0 Å². The molecule has 0 amide bonds. The van der Waals surface area contributed by atoms with E-state index in [1.165, 1.54) is 22.3 Å². The normalized spacial score (nSPS) is 17.2. The highest BCUT2D eigenvalue weighted by molar-refractivity contribution is 6.11. The Hall–Kier alpha value is -8.41. The Balaban J connectivity index is 1.10. The third kappa shape index (κ3) is 5.75. The molecule has 0 bridgehead atoms. The third-order valence-corrected chi connectivity index (χ3v) is 12.2. The van der Waals surface area contributed by atoms with Crippen molar-refractivity contribution < 1.29 is 27.4 Å². The van der Waals surface area contributed by atoms with Gasteiger partial charge in [0.05, 0.1) is 49.5 Å². The van der Waals surface area contributed by atoms with Crippen molar-refractivity contribution in [3.05, 3.63) is 223 Å². The lowest BCUT2D eigenvalue weighted by Gasteiger charge is -2.21. The minimum absolute atomic E-state index is 0.199. The highest BCUT2D eigenvalue weighted by atomic mass is 15.3. The van der Waals surface area contributed by atoms with E-state index in [2.05, 4.69) is 50.2 Å². The molecule has 0 aliphatic heterocycles. The minimum Gasteiger partial charge on any atom is -0.278 e. The van der Waals surface area contributed by atoms with Gasteiger partial charge < -0.3 is 0 Å². The summed E-state index contributed by atoms with van der Waals surface area (Å²) in [5, 5.41) is -1.43. The standard InChI is InChI=1S/C60H41N5/c1-60(2)50-22-10-6-20-49(50)56-44(21-14-23-51(56)60)41-31-27-39(28-32-41)40-29-33-42(34-30-40)57-61-58(64-52-24-11-7-17-45(52)46-18-8-12-25-53(46)64)63-59(62-57)65-54-26-13-9-19-47(54)48-36-35-43(37-55(48)65)38-15-4-3-5-16-38/h3-37H,1-2H3/i3D,4D,5D,7D,8D,9D,11D,12D,13D,15D,16D,17D,18D,19D,24D,25D,26D,35D,36D,37D. The summed E-state index contributed by atoms with van der Waals surface area (Å²) in [6.07, 6.45) is 0. The highest BCUT2D eigenvalue weighted by Gasteiger charge is 2.36. The summed E-state index contributed by atoms with van der Waals surface area (Å²) in [4.78, 5) is 14.6. The van der Waals surface area contributed by atoms with Gasteiger partial charge in [0.25, 0.3) is 0 Å². The van der Waals surface area contributed by atoms with Crippen LogP contribution in [0.4, 0.5) is 0 Å². The van der Waals surface area contributed by atoms with Crippen molar-refractivity contribution in [2.24, 2.45) is 0 Å². The minimum atomic E-state index is -0.821. The molecule has 9 aromatic carbocycles. The number of rotatable bonds is 6. The van der Waals surface area contributed by atoms with Crippen LogP contribution in [0.15, 0.2) is 212 Å². The SMILES string of the molecule is [2H]c1c([2H])c([2H])c(-c2c([2H])c([2H])c3c4c([2H])c([2H])c([2H])c([2H])c4n(-c4nc(-c5ccc(-c6ccc(-c7cccc8c7-c7ccccc7C8(C)C)cc6)cc5)nc(-n5c6c([2H])c([2H])c([2H])c([2H])c6c6c([2H])c([2H])c([2H])c([2H])c65)n4)c3c2[2H])c([2H])c1[2H]. The molecule has 0 saturated heterocycles. The second kappa shape index (κ2) is 14.3. The topological polar surface area (TPSA) is 48.5 Å². The number of hydrogen-bond acceptors (Lipinski definition) is 3. The van der Waals surface area contributed by atoms with Crippen molar-refractivity contribution in [1.29, 1.82) is 0 Å². The number of aromatic nitrogens is 5. The van der Waals surface area contributed by atoms with E-state index in [4.69, 9.17) is 32.8 Å². The fraction of sp³-hybridized carbons (Fsp3) is 0.0500. The average molecular weight is 852 g/mol. The van der Waals surface area contributed by atoms with Gasteiger partial charge in [0.15, 0.2) is 5.82 Å². The maximum Gasteiger partial charge on any atom is 0.240 e. The quantitative estimate of drug-likeness (QED) is 0.167. The first-order valence-electron chi connectivity index (χ1n) is 30.6. The van der Waals surface area contributed by atoms with Gasteiger partial charge >= 0.3 is 0 Å². The van der Waals surface area contributed by atoms with Crippen LogP contribution in [-0.2, 0) is 5.41 Å². The van der Waals surface area contributed by atoms with Crippen molar-refractivity contribution in [3.63, 3.8) is 0 Å². The number of nitrogens with zero attached hydrogens (tertiary/aromatic N) is 5. The number of para-hydroxylation sites is 3. The molecule has 306 valence electrons. The lowest BCUT2D eigenvalue weighted by Crippen LogP contribution is -2.14. The van der Waals surface area contributed by atoms with E-state index in [1.807, 2.05) is 30.3 Å². The smallest absolute Gasteiger partial charge is 0.240 e. The van der Waals surface area contributed by atoms with E-state index in [0.29, 0.717) is 0 Å². The summed E-state index contributed by atoms with van der Waals surface area (Å²) in [5.41, 5.74) is 5.56. The van der Waals surface area contributed by atoms with Crippen molar-refractivity contribution in [2.45, 2.75) is 19.3 Å². The first-order chi connectivity index (χ1) is 40.3. The molecule has 0 spiro atoms. The molecule has 0 atom stereocenters. The fourth-order valence-electron chi connectivity index (χ4n) is 9.16. The van der Waals surface area contributed by atoms with Gasteiger partial charge in [-0.25, -0.2) is 0 Å². The Labute approximate surface area is 404 Å². The Kier molecular flexibility index (Phi) is 4.91. The van der Waals surface area contributed by atoms with Crippen LogP contribution >= 0.6 is 0 Å². The molecule has 13 rings (SSSR count). The summed E-state index contributed by atoms with van der Waals surface area (Å²) in [6.45, 7) is 4.45. The summed E-state index contributed by atoms with van der Waals surface area (Å²) in [7, 11) is 0. The fourth-order valence-corrected chi connectivity index (χ4v) is 9.16. The molecular formula is C60H41N5. The molecule has 1 aliphatic rings. The summed E-state index contributed by atoms with van der Waals surface area (Å²) < 4.78 is 182. The van der Waals surface area contributed by atoms with Crippen molar-refractivity contribution in [2.75, 3.05) is 0 Å². The van der Waals surface area contributed by atoms with E-state index >= 15 is 0 Å². The Bertz CT molecular complexity index is 4930. The van der Waals surface area contributed by atoms with Crippen molar-refractivity contribution in [3.8, 4) is 67.8 Å². The van der Waals surface area contributed by atoms with Gasteiger partial charge in [0, 0.05) is 32.5 Å². The predicted octanol–water partition coefficient (Wildman–Crippen LogP) is 15.0. The van der Waals surface area contributed by atoms with Crippen LogP contribution in [0.25, 0.3) is 111 Å².